The zero-order valence-electron chi connectivity index (χ0n) is 10.2. The SMILES string of the molecule is CCC(CCBr)CNC(=O)c1ccc(F)cc1Cl. The second kappa shape index (κ2) is 7.74. The fourth-order valence-corrected chi connectivity index (χ4v) is 2.51. The molecule has 0 saturated carbocycles. The quantitative estimate of drug-likeness (QED) is 0.781. The van der Waals surface area contributed by atoms with Crippen LogP contribution in [-0.2, 0) is 0 Å². The van der Waals surface area contributed by atoms with E-state index in [0.29, 0.717) is 18.0 Å². The van der Waals surface area contributed by atoms with Gasteiger partial charge >= 0.3 is 0 Å². The molecule has 0 spiro atoms. The third-order valence-electron chi connectivity index (χ3n) is 2.82. The van der Waals surface area contributed by atoms with Gasteiger partial charge in [0, 0.05) is 11.9 Å². The minimum absolute atomic E-state index is 0.140. The van der Waals surface area contributed by atoms with Crippen LogP contribution in [0.1, 0.15) is 30.1 Å². The molecule has 1 amide bonds. The zero-order chi connectivity index (χ0) is 13.5. The fraction of sp³-hybridized carbons (Fsp3) is 0.462. The Labute approximate surface area is 120 Å². The van der Waals surface area contributed by atoms with Crippen LogP contribution in [0.15, 0.2) is 18.2 Å². The molecule has 18 heavy (non-hydrogen) atoms. The van der Waals surface area contributed by atoms with E-state index in [1.54, 1.807) is 0 Å². The van der Waals surface area contributed by atoms with Crippen LogP contribution >= 0.6 is 27.5 Å². The van der Waals surface area contributed by atoms with E-state index in [1.165, 1.54) is 12.1 Å². The maximum Gasteiger partial charge on any atom is 0.252 e. The number of halogens is 3. The average molecular weight is 337 g/mol. The highest BCUT2D eigenvalue weighted by molar-refractivity contribution is 9.09. The molecule has 0 aromatic heterocycles. The van der Waals surface area contributed by atoms with Crippen LogP contribution in [0.3, 0.4) is 0 Å². The van der Waals surface area contributed by atoms with Crippen molar-refractivity contribution in [2.75, 3.05) is 11.9 Å². The minimum atomic E-state index is -0.442. The van der Waals surface area contributed by atoms with Gasteiger partial charge in [0.2, 0.25) is 0 Å². The van der Waals surface area contributed by atoms with E-state index in [4.69, 9.17) is 11.6 Å². The van der Waals surface area contributed by atoms with Gasteiger partial charge in [0.25, 0.3) is 5.91 Å². The number of nitrogens with one attached hydrogen (secondary N) is 1. The summed E-state index contributed by atoms with van der Waals surface area (Å²) in [5, 5.41) is 3.88. The average Bonchev–Trinajstić information content (AvgIpc) is 2.34. The van der Waals surface area contributed by atoms with Crippen LogP contribution in [-0.4, -0.2) is 17.8 Å². The number of alkyl halides is 1. The van der Waals surface area contributed by atoms with Gasteiger partial charge in [0.15, 0.2) is 0 Å². The number of hydrogen-bond acceptors (Lipinski definition) is 1. The largest absolute Gasteiger partial charge is 0.352 e. The van der Waals surface area contributed by atoms with E-state index in [-0.39, 0.29) is 10.9 Å². The van der Waals surface area contributed by atoms with E-state index in [1.807, 2.05) is 0 Å². The topological polar surface area (TPSA) is 29.1 Å². The molecule has 1 N–H and O–H groups in total. The van der Waals surface area contributed by atoms with Crippen molar-refractivity contribution in [2.24, 2.45) is 5.92 Å². The van der Waals surface area contributed by atoms with E-state index >= 15 is 0 Å². The minimum Gasteiger partial charge on any atom is -0.352 e. The monoisotopic (exact) mass is 335 g/mol. The first-order valence-electron chi connectivity index (χ1n) is 5.87. The molecule has 1 aromatic carbocycles. The molecule has 100 valence electrons. The van der Waals surface area contributed by atoms with Gasteiger partial charge in [0.1, 0.15) is 5.82 Å². The van der Waals surface area contributed by atoms with Crippen molar-refractivity contribution in [3.8, 4) is 0 Å². The summed E-state index contributed by atoms with van der Waals surface area (Å²) in [6.07, 6.45) is 2.01. The van der Waals surface area contributed by atoms with Gasteiger partial charge in [-0.15, -0.1) is 0 Å². The lowest BCUT2D eigenvalue weighted by atomic mass is 10.0. The summed E-state index contributed by atoms with van der Waals surface area (Å²) < 4.78 is 12.9. The number of benzene rings is 1. The van der Waals surface area contributed by atoms with Crippen LogP contribution in [0.25, 0.3) is 0 Å². The number of hydrogen-bond donors (Lipinski definition) is 1. The van der Waals surface area contributed by atoms with Crippen molar-refractivity contribution >= 4 is 33.4 Å². The lowest BCUT2D eigenvalue weighted by molar-refractivity contribution is 0.0946. The molecular formula is C13H16BrClFNO. The maximum absolute atomic E-state index is 12.9. The first-order valence-corrected chi connectivity index (χ1v) is 7.37. The Kier molecular flexibility index (Phi) is 6.65. The molecule has 0 aliphatic heterocycles. The van der Waals surface area contributed by atoms with E-state index in [9.17, 15) is 9.18 Å². The number of carbonyl (C=O) groups excluding carboxylic acids is 1. The highest BCUT2D eigenvalue weighted by atomic mass is 79.9. The Morgan fingerprint density at radius 3 is 2.83 bits per heavy atom. The first-order chi connectivity index (χ1) is 8.58. The molecule has 0 heterocycles. The van der Waals surface area contributed by atoms with Crippen LogP contribution in [0.4, 0.5) is 4.39 Å². The second-order valence-corrected chi connectivity index (χ2v) is 5.29. The zero-order valence-corrected chi connectivity index (χ0v) is 12.5. The van der Waals surface area contributed by atoms with Gasteiger partial charge in [-0.1, -0.05) is 40.9 Å². The number of amides is 1. The summed E-state index contributed by atoms with van der Waals surface area (Å²) in [5.41, 5.74) is 0.312. The molecule has 0 aliphatic rings. The van der Waals surface area contributed by atoms with Crippen LogP contribution in [0.2, 0.25) is 5.02 Å². The molecule has 0 saturated heterocycles. The van der Waals surface area contributed by atoms with Crippen molar-refractivity contribution in [2.45, 2.75) is 19.8 Å². The molecule has 0 bridgehead atoms. The molecular weight excluding hydrogens is 321 g/mol. The number of rotatable bonds is 6. The molecule has 1 unspecified atom stereocenters. The fourth-order valence-electron chi connectivity index (χ4n) is 1.61. The van der Waals surface area contributed by atoms with E-state index < -0.39 is 5.82 Å². The van der Waals surface area contributed by atoms with E-state index in [2.05, 4.69) is 28.2 Å². The lowest BCUT2D eigenvalue weighted by Crippen LogP contribution is -2.29. The lowest BCUT2D eigenvalue weighted by Gasteiger charge is -2.14. The molecule has 5 heteroatoms. The smallest absolute Gasteiger partial charge is 0.252 e. The third-order valence-corrected chi connectivity index (χ3v) is 3.59. The van der Waals surface area contributed by atoms with Crippen molar-refractivity contribution in [1.82, 2.24) is 5.32 Å². The molecule has 1 atom stereocenters. The van der Waals surface area contributed by atoms with Crippen molar-refractivity contribution in [3.63, 3.8) is 0 Å². The van der Waals surface area contributed by atoms with Gasteiger partial charge < -0.3 is 5.32 Å². The summed E-state index contributed by atoms with van der Waals surface area (Å²) in [6, 6.07) is 3.78. The van der Waals surface area contributed by atoms with Gasteiger partial charge in [-0.05, 0) is 30.5 Å². The van der Waals surface area contributed by atoms with Crippen molar-refractivity contribution in [1.29, 1.82) is 0 Å². The molecule has 1 rings (SSSR count). The molecule has 1 aromatic rings. The standard InChI is InChI=1S/C13H16BrClFNO/c1-2-9(5-6-14)8-17-13(18)11-4-3-10(16)7-12(11)15/h3-4,7,9H,2,5-6,8H2,1H3,(H,17,18). The third kappa shape index (κ3) is 4.58. The van der Waals surface area contributed by atoms with Crippen molar-refractivity contribution in [3.05, 3.63) is 34.6 Å². The Hall–Kier alpha value is -0.610. The highest BCUT2D eigenvalue weighted by Crippen LogP contribution is 2.17. The summed E-state index contributed by atoms with van der Waals surface area (Å²) >= 11 is 9.21. The predicted molar refractivity (Wildman–Crippen MR) is 75.9 cm³/mol. The molecule has 0 fully saturated rings. The van der Waals surface area contributed by atoms with Gasteiger partial charge in [0.05, 0.1) is 10.6 Å². The normalized spacial score (nSPS) is 12.2. The first kappa shape index (κ1) is 15.4. The Morgan fingerprint density at radius 2 is 2.28 bits per heavy atom. The number of carbonyl (C=O) groups is 1. The second-order valence-electron chi connectivity index (χ2n) is 4.09. The Morgan fingerprint density at radius 1 is 1.56 bits per heavy atom. The van der Waals surface area contributed by atoms with Crippen LogP contribution in [0, 0.1) is 11.7 Å². The summed E-state index contributed by atoms with van der Waals surface area (Å²) in [6.45, 7) is 2.69. The summed E-state index contributed by atoms with van der Waals surface area (Å²) in [4.78, 5) is 11.9. The maximum atomic E-state index is 12.9. The Balaban J connectivity index is 2.59. The molecule has 2 nitrogen and oxygen atoms in total. The van der Waals surface area contributed by atoms with Crippen LogP contribution < -0.4 is 5.32 Å². The van der Waals surface area contributed by atoms with E-state index in [0.717, 1.165) is 24.2 Å². The highest BCUT2D eigenvalue weighted by Gasteiger charge is 2.13. The molecule has 0 aliphatic carbocycles. The van der Waals surface area contributed by atoms with Gasteiger partial charge in [-0.3, -0.25) is 4.79 Å². The molecule has 0 radical (unpaired) electrons. The Bertz CT molecular complexity index is 414. The predicted octanol–water partition coefficient (Wildman–Crippen LogP) is 4.02. The van der Waals surface area contributed by atoms with Crippen LogP contribution in [0.5, 0.6) is 0 Å². The van der Waals surface area contributed by atoms with Gasteiger partial charge in [-0.25, -0.2) is 4.39 Å². The summed E-state index contributed by atoms with van der Waals surface area (Å²) in [5.74, 6) is -0.261. The van der Waals surface area contributed by atoms with Gasteiger partial charge in [-0.2, -0.15) is 0 Å². The van der Waals surface area contributed by atoms with Crippen molar-refractivity contribution < 1.29 is 9.18 Å². The summed E-state index contributed by atoms with van der Waals surface area (Å²) in [7, 11) is 0.